The van der Waals surface area contributed by atoms with E-state index in [2.05, 4.69) is 10.3 Å². The maximum absolute atomic E-state index is 12.7. The molecule has 1 aliphatic heterocycles. The van der Waals surface area contributed by atoms with Crippen molar-refractivity contribution >= 4 is 51.7 Å². The van der Waals surface area contributed by atoms with E-state index in [0.29, 0.717) is 34.7 Å². The number of anilines is 1. The molecule has 1 saturated heterocycles. The van der Waals surface area contributed by atoms with Crippen LogP contribution in [0.5, 0.6) is 5.75 Å². The molecule has 6 nitrogen and oxygen atoms in total. The molecule has 8 heteroatoms. The number of aliphatic imine (C=N–C) groups is 1. The van der Waals surface area contributed by atoms with Crippen LogP contribution in [0, 0.1) is 0 Å². The molecule has 2 aromatic carbocycles. The molecule has 1 unspecified atom stereocenters. The van der Waals surface area contributed by atoms with Crippen LogP contribution >= 0.6 is 23.4 Å². The molecule has 1 N–H and O–H groups in total. The van der Waals surface area contributed by atoms with Crippen molar-refractivity contribution < 1.29 is 14.3 Å². The lowest BCUT2D eigenvalue weighted by Crippen LogP contribution is -2.33. The molecule has 2 aromatic rings. The molecular weight excluding hydrogens is 410 g/mol. The highest BCUT2D eigenvalue weighted by Gasteiger charge is 2.38. The number of halogens is 1. The summed E-state index contributed by atoms with van der Waals surface area (Å²) in [7, 11) is 0. The smallest absolute Gasteiger partial charge is 0.242 e. The number of amidine groups is 1. The van der Waals surface area contributed by atoms with Crippen LogP contribution in [-0.2, 0) is 9.59 Å². The number of hydrogen-bond donors (Lipinski definition) is 1. The Bertz CT molecular complexity index is 900. The van der Waals surface area contributed by atoms with Crippen molar-refractivity contribution in [1.82, 2.24) is 4.90 Å². The van der Waals surface area contributed by atoms with Crippen LogP contribution in [-0.4, -0.2) is 40.3 Å². The SMILES string of the molecule is CCOc1ccc(NC(=O)CC2SC(=Nc3ccc(Cl)cc3)N(CC)C2=O)cc1. The van der Waals surface area contributed by atoms with E-state index in [0.717, 1.165) is 5.75 Å². The lowest BCUT2D eigenvalue weighted by molar-refractivity contribution is -0.128. The van der Waals surface area contributed by atoms with Crippen LogP contribution in [0.4, 0.5) is 11.4 Å². The van der Waals surface area contributed by atoms with E-state index >= 15 is 0 Å². The van der Waals surface area contributed by atoms with Gasteiger partial charge in [-0.15, -0.1) is 0 Å². The first-order valence-electron chi connectivity index (χ1n) is 9.35. The van der Waals surface area contributed by atoms with Gasteiger partial charge < -0.3 is 10.1 Å². The molecule has 1 atom stereocenters. The fraction of sp³-hybridized carbons (Fsp3) is 0.286. The number of nitrogens with one attached hydrogen (secondary N) is 1. The molecule has 1 heterocycles. The number of rotatable bonds is 7. The van der Waals surface area contributed by atoms with E-state index in [-0.39, 0.29) is 18.2 Å². The molecule has 1 aliphatic rings. The van der Waals surface area contributed by atoms with Gasteiger partial charge in [0.2, 0.25) is 11.8 Å². The predicted molar refractivity (Wildman–Crippen MR) is 118 cm³/mol. The van der Waals surface area contributed by atoms with E-state index < -0.39 is 5.25 Å². The van der Waals surface area contributed by atoms with Crippen molar-refractivity contribution in [2.45, 2.75) is 25.5 Å². The number of thioether (sulfide) groups is 1. The number of hydrogen-bond acceptors (Lipinski definition) is 5. The molecule has 0 spiro atoms. The number of amides is 2. The first-order chi connectivity index (χ1) is 14.0. The lowest BCUT2D eigenvalue weighted by Gasteiger charge is -2.13. The molecule has 2 amide bonds. The molecule has 0 bridgehead atoms. The summed E-state index contributed by atoms with van der Waals surface area (Å²) in [5.41, 5.74) is 1.37. The first-order valence-corrected chi connectivity index (χ1v) is 10.6. The van der Waals surface area contributed by atoms with Crippen molar-refractivity contribution in [3.63, 3.8) is 0 Å². The molecule has 29 heavy (non-hydrogen) atoms. The summed E-state index contributed by atoms with van der Waals surface area (Å²) in [6.45, 7) is 4.88. The largest absolute Gasteiger partial charge is 0.494 e. The average Bonchev–Trinajstić information content (AvgIpc) is 2.99. The summed E-state index contributed by atoms with van der Waals surface area (Å²) in [5, 5.41) is 3.55. The van der Waals surface area contributed by atoms with Gasteiger partial charge in [0, 0.05) is 23.7 Å². The molecule has 0 aromatic heterocycles. The number of nitrogens with zero attached hydrogens (tertiary/aromatic N) is 2. The van der Waals surface area contributed by atoms with E-state index in [4.69, 9.17) is 16.3 Å². The van der Waals surface area contributed by atoms with E-state index in [1.54, 1.807) is 53.4 Å². The van der Waals surface area contributed by atoms with Gasteiger partial charge in [0.1, 0.15) is 11.0 Å². The zero-order valence-corrected chi connectivity index (χ0v) is 17.8. The summed E-state index contributed by atoms with van der Waals surface area (Å²) < 4.78 is 5.39. The number of ether oxygens (including phenoxy) is 1. The standard InChI is InChI=1S/C21H22ClN3O3S/c1-3-25-20(27)18(29-21(25)24-16-7-5-14(22)6-8-16)13-19(26)23-15-9-11-17(12-10-15)28-4-2/h5-12,18H,3-4,13H2,1-2H3,(H,23,26). The van der Waals surface area contributed by atoms with Crippen LogP contribution in [0.3, 0.4) is 0 Å². The Labute approximate surface area is 179 Å². The van der Waals surface area contributed by atoms with E-state index in [1.165, 1.54) is 11.8 Å². The topological polar surface area (TPSA) is 71.0 Å². The Morgan fingerprint density at radius 2 is 1.86 bits per heavy atom. The second-order valence-corrected chi connectivity index (χ2v) is 7.88. The molecular formula is C21H22ClN3O3S. The third-order valence-corrected chi connectivity index (χ3v) is 5.63. The lowest BCUT2D eigenvalue weighted by atomic mass is 10.2. The molecule has 3 rings (SSSR count). The summed E-state index contributed by atoms with van der Waals surface area (Å²) in [4.78, 5) is 31.3. The van der Waals surface area contributed by atoms with Crippen LogP contribution < -0.4 is 10.1 Å². The van der Waals surface area contributed by atoms with Crippen LogP contribution in [0.25, 0.3) is 0 Å². The average molecular weight is 432 g/mol. The third kappa shape index (κ3) is 5.52. The second-order valence-electron chi connectivity index (χ2n) is 6.27. The Hall–Kier alpha value is -2.51. The van der Waals surface area contributed by atoms with Crippen molar-refractivity contribution in [2.24, 2.45) is 4.99 Å². The normalized spacial score (nSPS) is 17.6. The second kappa shape index (κ2) is 9.80. The minimum Gasteiger partial charge on any atom is -0.494 e. The Kier molecular flexibility index (Phi) is 7.17. The molecule has 0 saturated carbocycles. The fourth-order valence-electron chi connectivity index (χ4n) is 2.82. The molecule has 152 valence electrons. The predicted octanol–water partition coefficient (Wildman–Crippen LogP) is 4.72. The zero-order valence-electron chi connectivity index (χ0n) is 16.2. The Morgan fingerprint density at radius 3 is 2.48 bits per heavy atom. The van der Waals surface area contributed by atoms with Crippen LogP contribution in [0.1, 0.15) is 20.3 Å². The Balaban J connectivity index is 1.65. The highest BCUT2D eigenvalue weighted by Crippen LogP contribution is 2.32. The van der Waals surface area contributed by atoms with Crippen LogP contribution in [0.2, 0.25) is 5.02 Å². The summed E-state index contributed by atoms with van der Waals surface area (Å²) in [5.74, 6) is 0.421. The molecule has 0 radical (unpaired) electrons. The highest BCUT2D eigenvalue weighted by molar-refractivity contribution is 8.15. The van der Waals surface area contributed by atoms with Gasteiger partial charge in [-0.25, -0.2) is 4.99 Å². The maximum atomic E-state index is 12.7. The fourth-order valence-corrected chi connectivity index (χ4v) is 4.17. The number of carbonyl (C=O) groups excluding carboxylic acids is 2. The van der Waals surface area contributed by atoms with Gasteiger partial charge in [-0.1, -0.05) is 23.4 Å². The summed E-state index contributed by atoms with van der Waals surface area (Å²) >= 11 is 7.22. The van der Waals surface area contributed by atoms with Gasteiger partial charge >= 0.3 is 0 Å². The van der Waals surface area contributed by atoms with Gasteiger partial charge in [-0.05, 0) is 62.4 Å². The van der Waals surface area contributed by atoms with E-state index in [9.17, 15) is 9.59 Å². The van der Waals surface area contributed by atoms with Gasteiger partial charge in [0.25, 0.3) is 0 Å². The quantitative estimate of drug-likeness (QED) is 0.688. The van der Waals surface area contributed by atoms with Crippen molar-refractivity contribution in [1.29, 1.82) is 0 Å². The minimum absolute atomic E-state index is 0.0762. The summed E-state index contributed by atoms with van der Waals surface area (Å²) in [6, 6.07) is 14.2. The van der Waals surface area contributed by atoms with Gasteiger partial charge in [-0.3, -0.25) is 14.5 Å². The van der Waals surface area contributed by atoms with Crippen molar-refractivity contribution in [3.05, 3.63) is 53.6 Å². The first kappa shape index (κ1) is 21.2. The summed E-state index contributed by atoms with van der Waals surface area (Å²) in [6.07, 6.45) is 0.0762. The van der Waals surface area contributed by atoms with E-state index in [1.807, 2.05) is 13.8 Å². The highest BCUT2D eigenvalue weighted by atomic mass is 35.5. The number of carbonyl (C=O) groups is 2. The molecule has 0 aliphatic carbocycles. The van der Waals surface area contributed by atoms with Gasteiger partial charge in [0.05, 0.1) is 12.3 Å². The zero-order chi connectivity index (χ0) is 20.8. The van der Waals surface area contributed by atoms with Crippen molar-refractivity contribution in [2.75, 3.05) is 18.5 Å². The minimum atomic E-state index is -0.497. The maximum Gasteiger partial charge on any atom is 0.242 e. The van der Waals surface area contributed by atoms with Gasteiger partial charge in [-0.2, -0.15) is 0 Å². The Morgan fingerprint density at radius 1 is 1.17 bits per heavy atom. The molecule has 1 fully saturated rings. The monoisotopic (exact) mass is 431 g/mol. The number of benzene rings is 2. The van der Waals surface area contributed by atoms with Crippen LogP contribution in [0.15, 0.2) is 53.5 Å². The third-order valence-electron chi connectivity index (χ3n) is 4.21. The van der Waals surface area contributed by atoms with Gasteiger partial charge in [0.15, 0.2) is 5.17 Å². The van der Waals surface area contributed by atoms with Crippen molar-refractivity contribution in [3.8, 4) is 5.75 Å².